The second-order valence-electron chi connectivity index (χ2n) is 8.04. The number of carbonyl (C=O) groups excluding carboxylic acids is 1. The molecule has 7 nitrogen and oxygen atoms in total. The third kappa shape index (κ3) is 5.07. The first kappa shape index (κ1) is 22.2. The number of hydrogen-bond donors (Lipinski definition) is 1. The Morgan fingerprint density at radius 2 is 1.84 bits per heavy atom. The van der Waals surface area contributed by atoms with Gasteiger partial charge in [-0.05, 0) is 42.7 Å². The first-order valence-electron chi connectivity index (χ1n) is 10.8. The number of aromatic nitrogens is 3. The van der Waals surface area contributed by atoms with Crippen molar-refractivity contribution in [2.75, 3.05) is 19.0 Å². The molecule has 0 fully saturated rings. The van der Waals surface area contributed by atoms with Crippen molar-refractivity contribution in [1.82, 2.24) is 20.1 Å². The second-order valence-corrected chi connectivity index (χ2v) is 8.98. The maximum Gasteiger partial charge on any atom is 0.230 e. The topological polar surface area (TPSA) is 78.3 Å². The van der Waals surface area contributed by atoms with E-state index in [2.05, 4.69) is 29.4 Å². The molecule has 1 aromatic heterocycles. The van der Waals surface area contributed by atoms with Crippen LogP contribution in [-0.4, -0.2) is 39.6 Å². The van der Waals surface area contributed by atoms with Gasteiger partial charge in [-0.2, -0.15) is 0 Å². The van der Waals surface area contributed by atoms with Gasteiger partial charge in [0.2, 0.25) is 5.91 Å². The van der Waals surface area contributed by atoms with Gasteiger partial charge in [0.25, 0.3) is 0 Å². The van der Waals surface area contributed by atoms with Gasteiger partial charge < -0.3 is 14.8 Å². The molecule has 3 aromatic rings. The van der Waals surface area contributed by atoms with Gasteiger partial charge in [-0.1, -0.05) is 49.9 Å². The Bertz CT molecular complexity index is 1070. The van der Waals surface area contributed by atoms with Gasteiger partial charge in [-0.25, -0.2) is 0 Å². The summed E-state index contributed by atoms with van der Waals surface area (Å²) in [5.74, 6) is 2.68. The maximum absolute atomic E-state index is 12.9. The second kappa shape index (κ2) is 10.1. The Balaban J connectivity index is 1.45. The fraction of sp³-hybridized carbons (Fsp3) is 0.375. The van der Waals surface area contributed by atoms with Crippen molar-refractivity contribution in [3.8, 4) is 17.2 Å². The number of aryl methyl sites for hydroxylation is 1. The summed E-state index contributed by atoms with van der Waals surface area (Å²) in [5, 5.41) is 12.3. The molecule has 2 aromatic carbocycles. The zero-order valence-electron chi connectivity index (χ0n) is 18.6. The molecule has 168 valence electrons. The Labute approximate surface area is 192 Å². The minimum Gasteiger partial charge on any atom is -0.490 e. The van der Waals surface area contributed by atoms with Crippen molar-refractivity contribution >= 4 is 17.7 Å². The van der Waals surface area contributed by atoms with E-state index in [-0.39, 0.29) is 23.6 Å². The van der Waals surface area contributed by atoms with E-state index in [1.807, 2.05) is 60.0 Å². The normalized spacial score (nSPS) is 14.1. The molecule has 4 rings (SSSR count). The Morgan fingerprint density at radius 3 is 2.59 bits per heavy atom. The summed E-state index contributed by atoms with van der Waals surface area (Å²) in [4.78, 5) is 12.9. The molecule has 2 heterocycles. The van der Waals surface area contributed by atoms with Crippen molar-refractivity contribution in [2.24, 2.45) is 5.92 Å². The molecule has 0 spiro atoms. The number of rotatable bonds is 7. The fourth-order valence-electron chi connectivity index (χ4n) is 3.66. The molecule has 0 saturated heterocycles. The zero-order chi connectivity index (χ0) is 22.5. The summed E-state index contributed by atoms with van der Waals surface area (Å²) in [6.45, 7) is 7.38. The van der Waals surface area contributed by atoms with Crippen molar-refractivity contribution in [2.45, 2.75) is 38.4 Å². The Hall–Kier alpha value is -3.00. The van der Waals surface area contributed by atoms with Crippen LogP contribution in [0.15, 0.2) is 53.7 Å². The highest BCUT2D eigenvalue weighted by Crippen LogP contribution is 2.34. The van der Waals surface area contributed by atoms with Crippen molar-refractivity contribution in [1.29, 1.82) is 0 Å². The van der Waals surface area contributed by atoms with Crippen LogP contribution in [0.3, 0.4) is 0 Å². The molecule has 8 heteroatoms. The number of amides is 1. The SMILES string of the molecule is Cc1nnc(SCC(=O)N[C@H](c2ccc3c(c2)OCCCO3)C(C)C)n1-c1ccccc1. The molecule has 32 heavy (non-hydrogen) atoms. The van der Waals surface area contributed by atoms with E-state index in [9.17, 15) is 4.79 Å². The van der Waals surface area contributed by atoms with Gasteiger partial charge in [0.1, 0.15) is 5.82 Å². The number of thioether (sulfide) groups is 1. The first-order valence-corrected chi connectivity index (χ1v) is 11.8. The average Bonchev–Trinajstić information content (AvgIpc) is 3.01. The number of carbonyl (C=O) groups is 1. The van der Waals surface area contributed by atoms with E-state index in [0.717, 1.165) is 35.0 Å². The smallest absolute Gasteiger partial charge is 0.230 e. The van der Waals surface area contributed by atoms with E-state index in [1.54, 1.807) is 0 Å². The lowest BCUT2D eigenvalue weighted by Gasteiger charge is -2.24. The molecule has 1 aliphatic heterocycles. The number of nitrogens with one attached hydrogen (secondary N) is 1. The van der Waals surface area contributed by atoms with Crippen LogP contribution in [0.25, 0.3) is 5.69 Å². The zero-order valence-corrected chi connectivity index (χ0v) is 19.4. The number of para-hydroxylation sites is 1. The van der Waals surface area contributed by atoms with Crippen molar-refractivity contribution in [3.63, 3.8) is 0 Å². The van der Waals surface area contributed by atoms with Crippen LogP contribution in [0.4, 0.5) is 0 Å². The van der Waals surface area contributed by atoms with Gasteiger partial charge in [-0.3, -0.25) is 9.36 Å². The molecule has 1 aliphatic rings. The van der Waals surface area contributed by atoms with Gasteiger partial charge in [0, 0.05) is 12.1 Å². The molecule has 0 bridgehead atoms. The van der Waals surface area contributed by atoms with Crippen LogP contribution in [0.1, 0.15) is 37.7 Å². The minimum atomic E-state index is -0.131. The molecule has 0 aliphatic carbocycles. The third-order valence-corrected chi connectivity index (χ3v) is 6.18. The molecule has 0 radical (unpaired) electrons. The highest BCUT2D eigenvalue weighted by molar-refractivity contribution is 7.99. The molecule has 1 amide bonds. The van der Waals surface area contributed by atoms with E-state index in [4.69, 9.17) is 9.47 Å². The summed E-state index contributed by atoms with van der Waals surface area (Å²) < 4.78 is 13.5. The average molecular weight is 453 g/mol. The monoisotopic (exact) mass is 452 g/mol. The molecule has 0 unspecified atom stereocenters. The summed E-state index contributed by atoms with van der Waals surface area (Å²) in [6.07, 6.45) is 0.860. The quantitative estimate of drug-likeness (QED) is 0.537. The number of hydrogen-bond acceptors (Lipinski definition) is 6. The van der Waals surface area contributed by atoms with E-state index in [0.29, 0.717) is 18.4 Å². The lowest BCUT2D eigenvalue weighted by molar-refractivity contribution is -0.119. The maximum atomic E-state index is 12.9. The molecular weight excluding hydrogens is 424 g/mol. The highest BCUT2D eigenvalue weighted by Gasteiger charge is 2.22. The lowest BCUT2D eigenvalue weighted by atomic mass is 9.95. The van der Waals surface area contributed by atoms with Crippen LogP contribution in [-0.2, 0) is 4.79 Å². The minimum absolute atomic E-state index is 0.0546. The standard InChI is InChI=1S/C24H28N4O3S/c1-16(2)23(18-10-11-20-21(14-18)31-13-7-12-30-20)25-22(29)15-32-24-27-26-17(3)28(24)19-8-5-4-6-9-19/h4-6,8-11,14,16,23H,7,12-13,15H2,1-3H3,(H,25,29)/t23-/m0/s1. The van der Waals surface area contributed by atoms with Crippen LogP contribution in [0.5, 0.6) is 11.5 Å². The largest absolute Gasteiger partial charge is 0.490 e. The van der Waals surface area contributed by atoms with Crippen LogP contribution >= 0.6 is 11.8 Å². The van der Waals surface area contributed by atoms with E-state index < -0.39 is 0 Å². The highest BCUT2D eigenvalue weighted by atomic mass is 32.2. The number of nitrogens with zero attached hydrogens (tertiary/aromatic N) is 3. The van der Waals surface area contributed by atoms with Gasteiger partial charge in [0.15, 0.2) is 16.7 Å². The molecular formula is C24H28N4O3S. The third-order valence-electron chi connectivity index (χ3n) is 5.26. The van der Waals surface area contributed by atoms with E-state index >= 15 is 0 Å². The number of benzene rings is 2. The molecule has 1 N–H and O–H groups in total. The summed E-state index contributed by atoms with van der Waals surface area (Å²) >= 11 is 1.38. The Morgan fingerprint density at radius 1 is 1.09 bits per heavy atom. The van der Waals surface area contributed by atoms with Crippen molar-refractivity contribution in [3.05, 3.63) is 59.9 Å². The predicted octanol–water partition coefficient (Wildman–Crippen LogP) is 4.34. The van der Waals surface area contributed by atoms with Gasteiger partial charge in [0.05, 0.1) is 25.0 Å². The Kier molecular flexibility index (Phi) is 6.99. The van der Waals surface area contributed by atoms with Crippen LogP contribution < -0.4 is 14.8 Å². The summed E-state index contributed by atoms with van der Waals surface area (Å²) in [7, 11) is 0. The van der Waals surface area contributed by atoms with Gasteiger partial charge >= 0.3 is 0 Å². The van der Waals surface area contributed by atoms with Crippen molar-refractivity contribution < 1.29 is 14.3 Å². The first-order chi connectivity index (χ1) is 15.5. The molecule has 0 saturated carbocycles. The van der Waals surface area contributed by atoms with E-state index in [1.165, 1.54) is 11.8 Å². The summed E-state index contributed by atoms with van der Waals surface area (Å²) in [6, 6.07) is 15.7. The fourth-order valence-corrected chi connectivity index (χ4v) is 4.47. The molecule has 1 atom stereocenters. The van der Waals surface area contributed by atoms with Crippen LogP contribution in [0, 0.1) is 12.8 Å². The predicted molar refractivity (Wildman–Crippen MR) is 125 cm³/mol. The summed E-state index contributed by atoms with van der Waals surface area (Å²) in [5.41, 5.74) is 1.98. The number of ether oxygens (including phenoxy) is 2. The number of fused-ring (bicyclic) bond motifs is 1. The van der Waals surface area contributed by atoms with Gasteiger partial charge in [-0.15, -0.1) is 10.2 Å². The van der Waals surface area contributed by atoms with Crippen LogP contribution in [0.2, 0.25) is 0 Å². The lowest BCUT2D eigenvalue weighted by Crippen LogP contribution is -2.33.